The summed E-state index contributed by atoms with van der Waals surface area (Å²) in [4.78, 5) is 14.3. The van der Waals surface area contributed by atoms with E-state index in [4.69, 9.17) is 4.74 Å². The standard InChI is InChI=1S/C17H21F2N3O2/c1-12-5-4-6-14(9-12)10-21(13(2)11-24-3)16(23)15-7-8-20-22(15)17(18)19/h4-9,13,17H,10-11H2,1-3H3/t13-/m1/s1. The van der Waals surface area contributed by atoms with Crippen molar-refractivity contribution in [1.82, 2.24) is 14.7 Å². The molecule has 2 aromatic rings. The number of aromatic nitrogens is 2. The van der Waals surface area contributed by atoms with E-state index in [0.717, 1.165) is 11.1 Å². The third-order valence-corrected chi connectivity index (χ3v) is 3.71. The zero-order chi connectivity index (χ0) is 17.7. The molecule has 24 heavy (non-hydrogen) atoms. The molecule has 0 bridgehead atoms. The Morgan fingerprint density at radius 2 is 2.12 bits per heavy atom. The van der Waals surface area contributed by atoms with Crippen LogP contribution in [0.2, 0.25) is 0 Å². The molecule has 0 saturated carbocycles. The van der Waals surface area contributed by atoms with Crippen molar-refractivity contribution in [3.05, 3.63) is 53.3 Å². The van der Waals surface area contributed by atoms with Gasteiger partial charge in [0.05, 0.1) is 12.6 Å². The van der Waals surface area contributed by atoms with E-state index in [2.05, 4.69) is 5.10 Å². The molecule has 2 rings (SSSR count). The summed E-state index contributed by atoms with van der Waals surface area (Å²) in [6.07, 6.45) is 1.20. The van der Waals surface area contributed by atoms with Gasteiger partial charge in [0.25, 0.3) is 5.91 Å². The summed E-state index contributed by atoms with van der Waals surface area (Å²) in [5.74, 6) is -0.501. The molecule has 0 N–H and O–H groups in total. The number of rotatable bonds is 7. The molecule has 0 aliphatic carbocycles. The first-order chi connectivity index (χ1) is 11.4. The van der Waals surface area contributed by atoms with Crippen molar-refractivity contribution in [3.63, 3.8) is 0 Å². The smallest absolute Gasteiger partial charge is 0.333 e. The van der Waals surface area contributed by atoms with Gasteiger partial charge in [-0.1, -0.05) is 29.8 Å². The topological polar surface area (TPSA) is 47.4 Å². The molecule has 0 saturated heterocycles. The molecule has 1 amide bonds. The molecular formula is C17H21F2N3O2. The average molecular weight is 337 g/mol. The van der Waals surface area contributed by atoms with E-state index >= 15 is 0 Å². The number of amides is 1. The molecule has 5 nitrogen and oxygen atoms in total. The average Bonchev–Trinajstić information content (AvgIpc) is 3.02. The molecule has 1 aromatic heterocycles. The highest BCUT2D eigenvalue weighted by Gasteiger charge is 2.26. The summed E-state index contributed by atoms with van der Waals surface area (Å²) in [7, 11) is 1.54. The van der Waals surface area contributed by atoms with Gasteiger partial charge in [-0.05, 0) is 25.5 Å². The van der Waals surface area contributed by atoms with Gasteiger partial charge in [-0.3, -0.25) is 4.79 Å². The number of ether oxygens (including phenoxy) is 1. The van der Waals surface area contributed by atoms with Crippen LogP contribution in [0.25, 0.3) is 0 Å². The fraction of sp³-hybridized carbons (Fsp3) is 0.412. The molecule has 0 radical (unpaired) electrons. The number of alkyl halides is 2. The van der Waals surface area contributed by atoms with E-state index in [9.17, 15) is 13.6 Å². The van der Waals surface area contributed by atoms with Crippen LogP contribution in [0.4, 0.5) is 8.78 Å². The second kappa shape index (κ2) is 8.01. The number of nitrogens with zero attached hydrogens (tertiary/aromatic N) is 3. The van der Waals surface area contributed by atoms with Crippen molar-refractivity contribution >= 4 is 5.91 Å². The van der Waals surface area contributed by atoms with Crippen LogP contribution in [0.15, 0.2) is 36.5 Å². The summed E-state index contributed by atoms with van der Waals surface area (Å²) >= 11 is 0. The van der Waals surface area contributed by atoms with Gasteiger partial charge < -0.3 is 9.64 Å². The minimum absolute atomic E-state index is 0.138. The molecule has 0 spiro atoms. The molecule has 1 heterocycles. The SMILES string of the molecule is COC[C@@H](C)N(Cc1cccc(C)c1)C(=O)c1ccnn1C(F)F. The molecule has 1 atom stereocenters. The molecular weight excluding hydrogens is 316 g/mol. The molecule has 0 aliphatic rings. The Hall–Kier alpha value is -2.28. The molecule has 1 aromatic carbocycles. The van der Waals surface area contributed by atoms with Gasteiger partial charge >= 0.3 is 6.55 Å². The van der Waals surface area contributed by atoms with E-state index in [1.54, 1.807) is 0 Å². The third-order valence-electron chi connectivity index (χ3n) is 3.71. The Morgan fingerprint density at radius 1 is 1.38 bits per heavy atom. The predicted octanol–water partition coefficient (Wildman–Crippen LogP) is 3.26. The van der Waals surface area contributed by atoms with Crippen LogP contribution < -0.4 is 0 Å². The van der Waals surface area contributed by atoms with E-state index in [-0.39, 0.29) is 11.7 Å². The molecule has 130 valence electrons. The van der Waals surface area contributed by atoms with Crippen LogP contribution >= 0.6 is 0 Å². The lowest BCUT2D eigenvalue weighted by Crippen LogP contribution is -2.41. The normalized spacial score (nSPS) is 12.4. The van der Waals surface area contributed by atoms with Gasteiger partial charge in [0.1, 0.15) is 5.69 Å². The maximum Gasteiger partial charge on any atom is 0.333 e. The van der Waals surface area contributed by atoms with Gasteiger partial charge in [0.15, 0.2) is 0 Å². The van der Waals surface area contributed by atoms with Gasteiger partial charge in [0, 0.05) is 19.9 Å². The number of benzene rings is 1. The Labute approximate surface area is 139 Å². The second-order valence-corrected chi connectivity index (χ2v) is 5.67. The number of halogens is 2. The molecule has 0 aliphatic heterocycles. The number of carbonyl (C=O) groups is 1. The van der Waals surface area contributed by atoms with E-state index in [1.165, 1.54) is 24.3 Å². The van der Waals surface area contributed by atoms with Crippen molar-refractivity contribution in [2.75, 3.05) is 13.7 Å². The highest BCUT2D eigenvalue weighted by Crippen LogP contribution is 2.18. The van der Waals surface area contributed by atoms with Crippen LogP contribution in [-0.4, -0.2) is 40.3 Å². The van der Waals surface area contributed by atoms with Crippen LogP contribution in [0.3, 0.4) is 0 Å². The lowest BCUT2D eigenvalue weighted by Gasteiger charge is -2.29. The summed E-state index contributed by atoms with van der Waals surface area (Å²) in [5.41, 5.74) is 1.85. The van der Waals surface area contributed by atoms with Crippen LogP contribution in [-0.2, 0) is 11.3 Å². The summed E-state index contributed by atoms with van der Waals surface area (Å²) in [6.45, 7) is 1.53. The molecule has 7 heteroatoms. The molecule has 0 fully saturated rings. The van der Waals surface area contributed by atoms with E-state index in [0.29, 0.717) is 17.8 Å². The fourth-order valence-electron chi connectivity index (χ4n) is 2.55. The van der Waals surface area contributed by atoms with E-state index in [1.807, 2.05) is 38.1 Å². The van der Waals surface area contributed by atoms with Crippen molar-refractivity contribution in [2.24, 2.45) is 0 Å². The van der Waals surface area contributed by atoms with Crippen molar-refractivity contribution in [3.8, 4) is 0 Å². The molecule has 0 unspecified atom stereocenters. The first kappa shape index (κ1) is 18.1. The minimum Gasteiger partial charge on any atom is -0.383 e. The largest absolute Gasteiger partial charge is 0.383 e. The Kier molecular flexibility index (Phi) is 6.03. The third kappa shape index (κ3) is 4.17. The monoisotopic (exact) mass is 337 g/mol. The zero-order valence-electron chi connectivity index (χ0n) is 13.9. The number of hydrogen-bond acceptors (Lipinski definition) is 3. The highest BCUT2D eigenvalue weighted by atomic mass is 19.3. The van der Waals surface area contributed by atoms with Gasteiger partial charge in [-0.25, -0.2) is 0 Å². The summed E-state index contributed by atoms with van der Waals surface area (Å²) in [6, 6.07) is 8.75. The van der Waals surface area contributed by atoms with Gasteiger partial charge in [-0.2, -0.15) is 18.6 Å². The first-order valence-corrected chi connectivity index (χ1v) is 7.61. The maximum atomic E-state index is 13.0. The second-order valence-electron chi connectivity index (χ2n) is 5.67. The van der Waals surface area contributed by atoms with Crippen molar-refractivity contribution < 1.29 is 18.3 Å². The van der Waals surface area contributed by atoms with Crippen molar-refractivity contribution in [2.45, 2.75) is 33.0 Å². The Morgan fingerprint density at radius 3 is 2.75 bits per heavy atom. The first-order valence-electron chi connectivity index (χ1n) is 7.61. The van der Waals surface area contributed by atoms with Gasteiger partial charge in [0.2, 0.25) is 0 Å². The van der Waals surface area contributed by atoms with Crippen LogP contribution in [0.5, 0.6) is 0 Å². The lowest BCUT2D eigenvalue weighted by atomic mass is 10.1. The summed E-state index contributed by atoms with van der Waals surface area (Å²) < 4.78 is 31.6. The van der Waals surface area contributed by atoms with Gasteiger partial charge in [-0.15, -0.1) is 0 Å². The number of hydrogen-bond donors (Lipinski definition) is 0. The number of carbonyl (C=O) groups excluding carboxylic acids is 1. The van der Waals surface area contributed by atoms with Crippen LogP contribution in [0.1, 0.15) is 35.1 Å². The Bertz CT molecular complexity index is 688. The fourth-order valence-corrected chi connectivity index (χ4v) is 2.55. The summed E-state index contributed by atoms with van der Waals surface area (Å²) in [5, 5.41) is 3.53. The van der Waals surface area contributed by atoms with E-state index < -0.39 is 12.5 Å². The number of methoxy groups -OCH3 is 1. The van der Waals surface area contributed by atoms with Crippen LogP contribution in [0, 0.1) is 6.92 Å². The predicted molar refractivity (Wildman–Crippen MR) is 85.9 cm³/mol. The zero-order valence-corrected chi connectivity index (χ0v) is 13.9. The highest BCUT2D eigenvalue weighted by molar-refractivity contribution is 5.92. The number of aryl methyl sites for hydroxylation is 1. The maximum absolute atomic E-state index is 13.0. The quantitative estimate of drug-likeness (QED) is 0.779. The minimum atomic E-state index is -2.86. The Balaban J connectivity index is 2.31. The van der Waals surface area contributed by atoms with Crippen molar-refractivity contribution in [1.29, 1.82) is 0 Å². The lowest BCUT2D eigenvalue weighted by molar-refractivity contribution is 0.0385.